The molecule has 1 amide bonds. The fraction of sp³-hybridized carbons (Fsp3) is 0.167. The minimum atomic E-state index is -2.97. The summed E-state index contributed by atoms with van der Waals surface area (Å²) >= 11 is 0. The Morgan fingerprint density at radius 1 is 1.42 bits per heavy atom. The minimum Gasteiger partial charge on any atom is -0.434 e. The molecule has 0 spiro atoms. The van der Waals surface area contributed by atoms with Gasteiger partial charge in [-0.05, 0) is 12.1 Å². The molecule has 0 fully saturated rings. The van der Waals surface area contributed by atoms with E-state index in [-0.39, 0.29) is 17.9 Å². The van der Waals surface area contributed by atoms with E-state index < -0.39 is 12.5 Å². The molecule has 0 bridgehead atoms. The van der Waals surface area contributed by atoms with Crippen molar-refractivity contribution in [1.82, 2.24) is 15.3 Å². The molecule has 1 aromatic carbocycles. The van der Waals surface area contributed by atoms with Gasteiger partial charge < -0.3 is 15.0 Å². The molecule has 0 aliphatic carbocycles. The highest BCUT2D eigenvalue weighted by atomic mass is 19.3. The maximum atomic E-state index is 12.2. The summed E-state index contributed by atoms with van der Waals surface area (Å²) in [5, 5.41) is 2.58. The van der Waals surface area contributed by atoms with Crippen LogP contribution in [0.3, 0.4) is 0 Å². The molecule has 5 nitrogen and oxygen atoms in total. The number of aromatic amines is 1. The topological polar surface area (TPSA) is 67.0 Å². The number of carbonyl (C=O) groups is 1. The Labute approximate surface area is 107 Å². The summed E-state index contributed by atoms with van der Waals surface area (Å²) in [6.07, 6.45) is 3.04. The van der Waals surface area contributed by atoms with Gasteiger partial charge in [0.1, 0.15) is 5.75 Å². The van der Waals surface area contributed by atoms with Crippen LogP contribution >= 0.6 is 0 Å². The summed E-state index contributed by atoms with van der Waals surface area (Å²) in [6, 6.07) is 5.82. The first-order valence-electron chi connectivity index (χ1n) is 5.46. The van der Waals surface area contributed by atoms with Crippen LogP contribution in [0.15, 0.2) is 36.8 Å². The Bertz CT molecular complexity index is 544. The van der Waals surface area contributed by atoms with Crippen molar-refractivity contribution in [3.8, 4) is 5.75 Å². The predicted molar refractivity (Wildman–Crippen MR) is 62.8 cm³/mol. The van der Waals surface area contributed by atoms with Crippen LogP contribution < -0.4 is 10.1 Å². The molecular formula is C12H11F2N3O2. The van der Waals surface area contributed by atoms with Crippen molar-refractivity contribution in [2.45, 2.75) is 13.2 Å². The number of aromatic nitrogens is 2. The number of alkyl halides is 2. The first kappa shape index (κ1) is 13.0. The molecule has 2 N–H and O–H groups in total. The van der Waals surface area contributed by atoms with E-state index >= 15 is 0 Å². The molecule has 2 rings (SSSR count). The van der Waals surface area contributed by atoms with Crippen LogP contribution in [0, 0.1) is 0 Å². The van der Waals surface area contributed by atoms with E-state index in [0.29, 0.717) is 5.69 Å². The molecule has 7 heteroatoms. The molecule has 0 aliphatic rings. The smallest absolute Gasteiger partial charge is 0.387 e. The molecule has 1 aromatic heterocycles. The van der Waals surface area contributed by atoms with E-state index in [1.165, 1.54) is 24.5 Å². The first-order chi connectivity index (χ1) is 9.16. The third-order valence-corrected chi connectivity index (χ3v) is 2.34. The van der Waals surface area contributed by atoms with E-state index in [1.807, 2.05) is 0 Å². The molecule has 0 saturated heterocycles. The number of hydrogen-bond donors (Lipinski definition) is 2. The molecular weight excluding hydrogens is 256 g/mol. The molecule has 0 aliphatic heterocycles. The third kappa shape index (κ3) is 3.51. The summed E-state index contributed by atoms with van der Waals surface area (Å²) in [5.41, 5.74) is 0.767. The van der Waals surface area contributed by atoms with Gasteiger partial charge in [0, 0.05) is 6.20 Å². The van der Waals surface area contributed by atoms with Crippen molar-refractivity contribution in [1.29, 1.82) is 0 Å². The zero-order valence-corrected chi connectivity index (χ0v) is 9.77. The van der Waals surface area contributed by atoms with Crippen LogP contribution in [0.25, 0.3) is 0 Å². The molecule has 0 saturated carbocycles. The van der Waals surface area contributed by atoms with Crippen LogP contribution in [0.5, 0.6) is 5.75 Å². The second-order valence-electron chi connectivity index (χ2n) is 3.63. The van der Waals surface area contributed by atoms with Gasteiger partial charge in [-0.1, -0.05) is 12.1 Å². The Kier molecular flexibility index (Phi) is 4.07. The number of imidazole rings is 1. The lowest BCUT2D eigenvalue weighted by Crippen LogP contribution is -2.24. The summed E-state index contributed by atoms with van der Waals surface area (Å²) in [5.74, 6) is -0.648. The number of halogens is 2. The number of benzene rings is 1. The fourth-order valence-electron chi connectivity index (χ4n) is 1.51. The summed E-state index contributed by atoms with van der Waals surface area (Å²) in [6.45, 7) is -2.75. The van der Waals surface area contributed by atoms with Gasteiger partial charge in [0.2, 0.25) is 0 Å². The van der Waals surface area contributed by atoms with Crippen LogP contribution in [0.2, 0.25) is 0 Å². The van der Waals surface area contributed by atoms with Gasteiger partial charge in [0.05, 0.1) is 24.1 Å². The standard InChI is InChI=1S/C12H11F2N3O2/c13-12(14)19-10-4-2-1-3-9(10)11(18)16-6-8-5-15-7-17-8/h1-5,7,12H,6H2,(H,15,17)(H,16,18). The summed E-state index contributed by atoms with van der Waals surface area (Å²) in [4.78, 5) is 18.5. The Morgan fingerprint density at radius 2 is 2.21 bits per heavy atom. The quantitative estimate of drug-likeness (QED) is 0.870. The van der Waals surface area contributed by atoms with Crippen LogP contribution in [0.1, 0.15) is 16.1 Å². The first-order valence-corrected chi connectivity index (χ1v) is 5.46. The second-order valence-corrected chi connectivity index (χ2v) is 3.63. The molecule has 0 unspecified atom stereocenters. The van der Waals surface area contributed by atoms with Crippen molar-refractivity contribution in [2.75, 3.05) is 0 Å². The van der Waals surface area contributed by atoms with E-state index in [1.54, 1.807) is 12.3 Å². The van der Waals surface area contributed by atoms with E-state index in [2.05, 4.69) is 20.0 Å². The maximum Gasteiger partial charge on any atom is 0.387 e. The van der Waals surface area contributed by atoms with E-state index in [4.69, 9.17) is 0 Å². The van der Waals surface area contributed by atoms with Crippen LogP contribution in [0.4, 0.5) is 8.78 Å². The molecule has 2 aromatic rings. The molecule has 100 valence electrons. The van der Waals surface area contributed by atoms with Crippen LogP contribution in [-0.2, 0) is 6.54 Å². The van der Waals surface area contributed by atoms with Gasteiger partial charge in [-0.25, -0.2) is 4.98 Å². The zero-order chi connectivity index (χ0) is 13.7. The number of hydrogen-bond acceptors (Lipinski definition) is 3. The van der Waals surface area contributed by atoms with Crippen molar-refractivity contribution < 1.29 is 18.3 Å². The lowest BCUT2D eigenvalue weighted by atomic mass is 10.2. The monoisotopic (exact) mass is 267 g/mol. The van der Waals surface area contributed by atoms with Crippen molar-refractivity contribution >= 4 is 5.91 Å². The average molecular weight is 267 g/mol. The lowest BCUT2D eigenvalue weighted by Gasteiger charge is -2.10. The van der Waals surface area contributed by atoms with E-state index in [0.717, 1.165) is 0 Å². The Balaban J connectivity index is 2.06. The minimum absolute atomic E-state index is 0.0577. The van der Waals surface area contributed by atoms with Gasteiger partial charge in [-0.3, -0.25) is 4.79 Å². The largest absolute Gasteiger partial charge is 0.434 e. The number of carbonyl (C=O) groups excluding carboxylic acids is 1. The lowest BCUT2D eigenvalue weighted by molar-refractivity contribution is -0.0501. The van der Waals surface area contributed by atoms with Gasteiger partial charge >= 0.3 is 6.61 Å². The Hall–Kier alpha value is -2.44. The molecule has 0 atom stereocenters. The predicted octanol–water partition coefficient (Wildman–Crippen LogP) is 1.94. The summed E-state index contributed by atoms with van der Waals surface area (Å²) in [7, 11) is 0. The second kappa shape index (κ2) is 5.94. The maximum absolute atomic E-state index is 12.2. The number of nitrogens with one attached hydrogen (secondary N) is 2. The number of H-pyrrole nitrogens is 1. The zero-order valence-electron chi connectivity index (χ0n) is 9.77. The average Bonchev–Trinajstić information content (AvgIpc) is 2.89. The highest BCUT2D eigenvalue weighted by molar-refractivity contribution is 5.96. The van der Waals surface area contributed by atoms with Crippen molar-refractivity contribution in [2.24, 2.45) is 0 Å². The van der Waals surface area contributed by atoms with Crippen molar-refractivity contribution in [3.05, 3.63) is 48.0 Å². The van der Waals surface area contributed by atoms with Gasteiger partial charge in [-0.2, -0.15) is 8.78 Å². The third-order valence-electron chi connectivity index (χ3n) is 2.34. The highest BCUT2D eigenvalue weighted by Crippen LogP contribution is 2.20. The SMILES string of the molecule is O=C(NCc1cnc[nH]1)c1ccccc1OC(F)F. The number of rotatable bonds is 5. The number of para-hydroxylation sites is 1. The van der Waals surface area contributed by atoms with E-state index in [9.17, 15) is 13.6 Å². The summed E-state index contributed by atoms with van der Waals surface area (Å²) < 4.78 is 28.7. The fourth-order valence-corrected chi connectivity index (χ4v) is 1.51. The number of nitrogens with zero attached hydrogens (tertiary/aromatic N) is 1. The van der Waals surface area contributed by atoms with Crippen molar-refractivity contribution in [3.63, 3.8) is 0 Å². The number of ether oxygens (including phenoxy) is 1. The van der Waals surface area contributed by atoms with Gasteiger partial charge in [0.15, 0.2) is 0 Å². The van der Waals surface area contributed by atoms with Crippen LogP contribution in [-0.4, -0.2) is 22.5 Å². The molecule has 1 heterocycles. The van der Waals surface area contributed by atoms with Gasteiger partial charge in [-0.15, -0.1) is 0 Å². The normalized spacial score (nSPS) is 10.5. The van der Waals surface area contributed by atoms with Gasteiger partial charge in [0.25, 0.3) is 5.91 Å². The highest BCUT2D eigenvalue weighted by Gasteiger charge is 2.14. The number of amides is 1. The Morgan fingerprint density at radius 3 is 2.89 bits per heavy atom. The molecule has 19 heavy (non-hydrogen) atoms. The molecule has 0 radical (unpaired) electrons.